The fourth-order valence-electron chi connectivity index (χ4n) is 2.06. The molecule has 0 aliphatic carbocycles. The van der Waals surface area contributed by atoms with Crippen molar-refractivity contribution in [1.82, 2.24) is 4.90 Å². The van der Waals surface area contributed by atoms with Crippen molar-refractivity contribution in [3.05, 3.63) is 63.6 Å². The van der Waals surface area contributed by atoms with Gasteiger partial charge in [-0.25, -0.2) is 0 Å². The minimum Gasteiger partial charge on any atom is -0.508 e. The molecule has 0 unspecified atom stereocenters. The van der Waals surface area contributed by atoms with E-state index in [1.54, 1.807) is 6.07 Å². The fraction of sp³-hybridized carbons (Fsp3) is 0.250. The highest BCUT2D eigenvalue weighted by atomic mass is 79.9. The lowest BCUT2D eigenvalue weighted by atomic mass is 10.1. The Labute approximate surface area is 122 Å². The number of phenols is 1. The van der Waals surface area contributed by atoms with Gasteiger partial charge in [0, 0.05) is 23.1 Å². The Morgan fingerprint density at radius 3 is 2.42 bits per heavy atom. The number of aryl methyl sites for hydroxylation is 1. The molecule has 2 rings (SSSR count). The van der Waals surface area contributed by atoms with Crippen LogP contribution in [-0.2, 0) is 13.1 Å². The third kappa shape index (κ3) is 3.82. The van der Waals surface area contributed by atoms with Crippen molar-refractivity contribution in [2.24, 2.45) is 0 Å². The number of rotatable bonds is 4. The molecule has 0 aliphatic heterocycles. The van der Waals surface area contributed by atoms with Gasteiger partial charge in [0.2, 0.25) is 0 Å². The van der Waals surface area contributed by atoms with Crippen LogP contribution in [0.15, 0.2) is 46.9 Å². The van der Waals surface area contributed by atoms with Crippen LogP contribution < -0.4 is 0 Å². The summed E-state index contributed by atoms with van der Waals surface area (Å²) in [5.41, 5.74) is 3.45. The second-order valence-corrected chi connectivity index (χ2v) is 5.75. The van der Waals surface area contributed by atoms with Crippen molar-refractivity contribution in [2.45, 2.75) is 20.0 Å². The van der Waals surface area contributed by atoms with Gasteiger partial charge in [-0.3, -0.25) is 4.90 Å². The molecule has 0 heterocycles. The van der Waals surface area contributed by atoms with Crippen LogP contribution in [0.25, 0.3) is 0 Å². The fourth-order valence-corrected chi connectivity index (χ4v) is 2.68. The van der Waals surface area contributed by atoms with Gasteiger partial charge in [-0.2, -0.15) is 0 Å². The van der Waals surface area contributed by atoms with Gasteiger partial charge in [0.1, 0.15) is 5.75 Å². The van der Waals surface area contributed by atoms with Crippen LogP contribution in [0.3, 0.4) is 0 Å². The first-order valence-corrected chi connectivity index (χ1v) is 7.06. The van der Waals surface area contributed by atoms with E-state index in [4.69, 9.17) is 0 Å². The Kier molecular flexibility index (Phi) is 4.61. The van der Waals surface area contributed by atoms with E-state index in [2.05, 4.69) is 53.0 Å². The SMILES string of the molecule is Cc1ccc(CN(C)Cc2ccccc2O)c(Br)c1. The van der Waals surface area contributed by atoms with Gasteiger partial charge >= 0.3 is 0 Å². The molecular weight excluding hydrogens is 302 g/mol. The normalized spacial score (nSPS) is 10.9. The van der Waals surface area contributed by atoms with Crippen LogP contribution >= 0.6 is 15.9 Å². The number of phenolic OH excluding ortho intramolecular Hbond substituents is 1. The first-order chi connectivity index (χ1) is 9.06. The maximum Gasteiger partial charge on any atom is 0.120 e. The predicted molar refractivity (Wildman–Crippen MR) is 82.2 cm³/mol. The quantitative estimate of drug-likeness (QED) is 0.917. The first kappa shape index (κ1) is 14.1. The summed E-state index contributed by atoms with van der Waals surface area (Å²) in [6.07, 6.45) is 0. The van der Waals surface area contributed by atoms with Gasteiger partial charge in [-0.05, 0) is 37.2 Å². The average molecular weight is 320 g/mol. The largest absolute Gasteiger partial charge is 0.508 e. The van der Waals surface area contributed by atoms with E-state index in [-0.39, 0.29) is 0 Å². The van der Waals surface area contributed by atoms with Gasteiger partial charge in [-0.15, -0.1) is 0 Å². The molecule has 3 heteroatoms. The van der Waals surface area contributed by atoms with Crippen molar-refractivity contribution in [1.29, 1.82) is 0 Å². The monoisotopic (exact) mass is 319 g/mol. The summed E-state index contributed by atoms with van der Waals surface area (Å²) in [6.45, 7) is 3.66. The van der Waals surface area contributed by atoms with E-state index in [9.17, 15) is 5.11 Å². The van der Waals surface area contributed by atoms with Gasteiger partial charge in [-0.1, -0.05) is 46.3 Å². The molecule has 0 amide bonds. The number of hydrogen-bond acceptors (Lipinski definition) is 2. The molecule has 0 radical (unpaired) electrons. The minimum absolute atomic E-state index is 0.359. The van der Waals surface area contributed by atoms with Crippen LogP contribution in [-0.4, -0.2) is 17.1 Å². The summed E-state index contributed by atoms with van der Waals surface area (Å²) in [5, 5.41) is 9.78. The summed E-state index contributed by atoms with van der Waals surface area (Å²) >= 11 is 3.60. The van der Waals surface area contributed by atoms with E-state index in [0.717, 1.165) is 23.1 Å². The van der Waals surface area contributed by atoms with Gasteiger partial charge in [0.05, 0.1) is 0 Å². The summed E-state index contributed by atoms with van der Waals surface area (Å²) < 4.78 is 1.14. The number of hydrogen-bond donors (Lipinski definition) is 1. The Balaban J connectivity index is 2.05. The smallest absolute Gasteiger partial charge is 0.120 e. The molecular formula is C16H18BrNO. The molecule has 0 fully saturated rings. The summed E-state index contributed by atoms with van der Waals surface area (Å²) in [6, 6.07) is 13.9. The van der Waals surface area contributed by atoms with Crippen LogP contribution in [0, 0.1) is 6.92 Å². The maximum atomic E-state index is 9.78. The molecule has 0 aromatic heterocycles. The molecule has 0 saturated carbocycles. The molecule has 0 atom stereocenters. The van der Waals surface area contributed by atoms with E-state index in [0.29, 0.717) is 5.75 Å². The van der Waals surface area contributed by atoms with Gasteiger partial charge in [0.15, 0.2) is 0 Å². The van der Waals surface area contributed by atoms with E-state index < -0.39 is 0 Å². The van der Waals surface area contributed by atoms with Crippen LogP contribution in [0.2, 0.25) is 0 Å². The van der Waals surface area contributed by atoms with Crippen molar-refractivity contribution >= 4 is 15.9 Å². The van der Waals surface area contributed by atoms with E-state index in [1.807, 2.05) is 18.2 Å². The Hall–Kier alpha value is -1.32. The van der Waals surface area contributed by atoms with E-state index in [1.165, 1.54) is 11.1 Å². The minimum atomic E-state index is 0.359. The zero-order valence-electron chi connectivity index (χ0n) is 11.2. The zero-order chi connectivity index (χ0) is 13.8. The Bertz CT molecular complexity index is 568. The molecule has 0 saturated heterocycles. The van der Waals surface area contributed by atoms with E-state index >= 15 is 0 Å². The Morgan fingerprint density at radius 2 is 1.74 bits per heavy atom. The van der Waals surface area contributed by atoms with Crippen molar-refractivity contribution < 1.29 is 5.11 Å². The number of para-hydroxylation sites is 1. The highest BCUT2D eigenvalue weighted by Crippen LogP contribution is 2.22. The third-order valence-electron chi connectivity index (χ3n) is 3.08. The lowest BCUT2D eigenvalue weighted by Gasteiger charge is -2.18. The summed E-state index contributed by atoms with van der Waals surface area (Å²) in [5.74, 6) is 0.359. The van der Waals surface area contributed by atoms with Gasteiger partial charge < -0.3 is 5.11 Å². The molecule has 2 nitrogen and oxygen atoms in total. The molecule has 0 spiro atoms. The highest BCUT2D eigenvalue weighted by Gasteiger charge is 2.07. The van der Waals surface area contributed by atoms with Crippen molar-refractivity contribution in [3.63, 3.8) is 0 Å². The standard InChI is InChI=1S/C16H18BrNO/c1-12-7-8-13(15(17)9-12)10-18(2)11-14-5-3-4-6-16(14)19/h3-9,19H,10-11H2,1-2H3. The second-order valence-electron chi connectivity index (χ2n) is 4.90. The lowest BCUT2D eigenvalue weighted by Crippen LogP contribution is -2.17. The number of aromatic hydroxyl groups is 1. The lowest BCUT2D eigenvalue weighted by molar-refractivity contribution is 0.312. The van der Waals surface area contributed by atoms with Gasteiger partial charge in [0.25, 0.3) is 0 Å². The topological polar surface area (TPSA) is 23.5 Å². The molecule has 2 aromatic rings. The molecule has 100 valence electrons. The molecule has 0 bridgehead atoms. The van der Waals surface area contributed by atoms with Crippen molar-refractivity contribution in [3.8, 4) is 5.75 Å². The molecule has 2 aromatic carbocycles. The summed E-state index contributed by atoms with van der Waals surface area (Å²) in [4.78, 5) is 2.18. The highest BCUT2D eigenvalue weighted by molar-refractivity contribution is 9.10. The van der Waals surface area contributed by atoms with Crippen LogP contribution in [0.1, 0.15) is 16.7 Å². The number of halogens is 1. The van der Waals surface area contributed by atoms with Crippen LogP contribution in [0.4, 0.5) is 0 Å². The predicted octanol–water partition coefficient (Wildman–Crippen LogP) is 4.10. The molecule has 19 heavy (non-hydrogen) atoms. The molecule has 1 N–H and O–H groups in total. The first-order valence-electron chi connectivity index (χ1n) is 6.26. The van der Waals surface area contributed by atoms with Crippen LogP contribution in [0.5, 0.6) is 5.75 Å². The third-order valence-corrected chi connectivity index (χ3v) is 3.82. The summed E-state index contributed by atoms with van der Waals surface area (Å²) in [7, 11) is 2.05. The number of benzene rings is 2. The average Bonchev–Trinajstić information content (AvgIpc) is 2.36. The molecule has 0 aliphatic rings. The zero-order valence-corrected chi connectivity index (χ0v) is 12.8. The second kappa shape index (κ2) is 6.22. The number of nitrogens with zero attached hydrogens (tertiary/aromatic N) is 1. The maximum absolute atomic E-state index is 9.78. The Morgan fingerprint density at radius 1 is 1.05 bits per heavy atom. The van der Waals surface area contributed by atoms with Crippen molar-refractivity contribution in [2.75, 3.05) is 7.05 Å².